The second kappa shape index (κ2) is 7.99. The van der Waals surface area contributed by atoms with Gasteiger partial charge in [0, 0.05) is 0 Å². The lowest BCUT2D eigenvalue weighted by atomic mass is 9.85. The van der Waals surface area contributed by atoms with E-state index in [0.717, 1.165) is 25.7 Å². The van der Waals surface area contributed by atoms with Crippen LogP contribution in [-0.4, -0.2) is 25.1 Å². The zero-order valence-corrected chi connectivity index (χ0v) is 16.7. The van der Waals surface area contributed by atoms with Crippen LogP contribution in [0, 0.1) is 11.8 Å². The molecule has 0 spiro atoms. The highest BCUT2D eigenvalue weighted by Gasteiger charge is 2.46. The minimum atomic E-state index is -1.89. The van der Waals surface area contributed by atoms with Crippen molar-refractivity contribution in [3.05, 3.63) is 0 Å². The van der Waals surface area contributed by atoms with Crippen molar-refractivity contribution in [3.63, 3.8) is 0 Å². The first-order chi connectivity index (χ1) is 10.1. The van der Waals surface area contributed by atoms with Crippen molar-refractivity contribution < 1.29 is 9.53 Å². The summed E-state index contributed by atoms with van der Waals surface area (Å²) >= 11 is 0. The molecule has 1 unspecified atom stereocenters. The van der Waals surface area contributed by atoms with Gasteiger partial charge in [-0.15, -0.1) is 0 Å². The molecule has 0 amide bonds. The Bertz CT molecular complexity index is 376. The molecule has 1 rings (SSSR count). The second-order valence-electron chi connectivity index (χ2n) is 7.94. The average Bonchev–Trinajstić information content (AvgIpc) is 2.42. The molecule has 1 aliphatic rings. The number of hydrogen-bond acceptors (Lipinski definition) is 2. The summed E-state index contributed by atoms with van der Waals surface area (Å²) in [6.07, 6.45) is 4.93. The Hall–Kier alpha value is -0.303. The Balaban J connectivity index is 2.86. The van der Waals surface area contributed by atoms with Crippen LogP contribution in [0.25, 0.3) is 0 Å². The molecule has 3 heteroatoms. The zero-order chi connectivity index (χ0) is 17.0. The van der Waals surface area contributed by atoms with Gasteiger partial charge in [-0.2, -0.15) is 0 Å². The average molecular weight is 325 g/mol. The maximum atomic E-state index is 10.5. The lowest BCUT2D eigenvalue weighted by Gasteiger charge is -2.43. The van der Waals surface area contributed by atoms with Crippen LogP contribution in [0.15, 0.2) is 0 Å². The van der Waals surface area contributed by atoms with E-state index in [1.807, 2.05) is 6.92 Å². The second-order valence-corrected chi connectivity index (χ2v) is 13.3. The largest absolute Gasteiger partial charge is 0.403 e. The fraction of sp³-hybridized carbons (Fsp3) is 0.895. The number of aliphatic hydroxyl groups is 1. The highest BCUT2D eigenvalue weighted by Crippen LogP contribution is 2.42. The first-order valence-corrected chi connectivity index (χ1v) is 11.2. The van der Waals surface area contributed by atoms with Gasteiger partial charge < -0.3 is 9.53 Å². The molecule has 1 fully saturated rings. The molecule has 1 N–H and O–H groups in total. The third kappa shape index (κ3) is 4.60. The summed E-state index contributed by atoms with van der Waals surface area (Å²) in [5.74, 6) is 6.37. The van der Waals surface area contributed by atoms with E-state index in [1.54, 1.807) is 0 Å². The molecule has 1 aliphatic carbocycles. The van der Waals surface area contributed by atoms with Crippen LogP contribution in [0.1, 0.15) is 80.6 Å². The van der Waals surface area contributed by atoms with Crippen LogP contribution < -0.4 is 0 Å². The van der Waals surface area contributed by atoms with Crippen LogP contribution in [0.3, 0.4) is 0 Å². The molecule has 0 aliphatic heterocycles. The van der Waals surface area contributed by atoms with Crippen LogP contribution >= 0.6 is 0 Å². The van der Waals surface area contributed by atoms with Crippen LogP contribution in [0.5, 0.6) is 0 Å². The van der Waals surface area contributed by atoms with Crippen molar-refractivity contribution in [1.82, 2.24) is 0 Å². The molecule has 0 aromatic carbocycles. The fourth-order valence-electron chi connectivity index (χ4n) is 4.24. The standard InChI is InChI=1S/C19H36O2Si/c1-15(2)22(16(3)4,17(5)6)21-18(7)11-14-19(20)12-9-8-10-13-19/h15-18,20H,8-10,12-13H2,1-7H3. The third-order valence-electron chi connectivity index (χ3n) is 5.28. The molecule has 1 atom stereocenters. The predicted molar refractivity (Wildman–Crippen MR) is 97.4 cm³/mol. The van der Waals surface area contributed by atoms with E-state index in [1.165, 1.54) is 6.42 Å². The first kappa shape index (κ1) is 19.7. The van der Waals surface area contributed by atoms with Crippen molar-refractivity contribution in [2.24, 2.45) is 0 Å². The van der Waals surface area contributed by atoms with Gasteiger partial charge in [0.25, 0.3) is 0 Å². The van der Waals surface area contributed by atoms with Gasteiger partial charge in [0.05, 0.1) is 0 Å². The lowest BCUT2D eigenvalue weighted by molar-refractivity contribution is 0.0605. The quantitative estimate of drug-likeness (QED) is 0.552. The molecule has 0 heterocycles. The van der Waals surface area contributed by atoms with Crippen LogP contribution in [0.4, 0.5) is 0 Å². The molecule has 2 nitrogen and oxygen atoms in total. The Morgan fingerprint density at radius 3 is 1.73 bits per heavy atom. The molecule has 1 saturated carbocycles. The smallest absolute Gasteiger partial charge is 0.202 e. The molecule has 0 aromatic heterocycles. The summed E-state index contributed by atoms with van der Waals surface area (Å²) in [5, 5.41) is 10.5. The van der Waals surface area contributed by atoms with E-state index >= 15 is 0 Å². The Morgan fingerprint density at radius 2 is 1.32 bits per heavy atom. The summed E-state index contributed by atoms with van der Waals surface area (Å²) in [6, 6.07) is 0. The molecule has 0 aromatic rings. The summed E-state index contributed by atoms with van der Waals surface area (Å²) < 4.78 is 6.61. The summed E-state index contributed by atoms with van der Waals surface area (Å²) in [5.41, 5.74) is 0.923. The molecule has 0 saturated heterocycles. The third-order valence-corrected chi connectivity index (χ3v) is 11.5. The fourth-order valence-corrected chi connectivity index (χ4v) is 9.73. The van der Waals surface area contributed by atoms with E-state index < -0.39 is 13.9 Å². The minimum Gasteiger partial charge on any atom is -0.403 e. The van der Waals surface area contributed by atoms with E-state index in [9.17, 15) is 5.11 Å². The van der Waals surface area contributed by atoms with Gasteiger partial charge in [-0.1, -0.05) is 59.8 Å². The van der Waals surface area contributed by atoms with Gasteiger partial charge in [-0.3, -0.25) is 0 Å². The maximum Gasteiger partial charge on any atom is 0.202 e. The highest BCUT2D eigenvalue weighted by atomic mass is 28.4. The van der Waals surface area contributed by atoms with E-state index in [4.69, 9.17) is 4.43 Å². The van der Waals surface area contributed by atoms with Crippen molar-refractivity contribution >= 4 is 8.32 Å². The lowest BCUT2D eigenvalue weighted by Crippen LogP contribution is -2.49. The molecular weight excluding hydrogens is 288 g/mol. The monoisotopic (exact) mass is 324 g/mol. The summed E-state index contributed by atoms with van der Waals surface area (Å²) in [7, 11) is -1.89. The van der Waals surface area contributed by atoms with E-state index in [0.29, 0.717) is 16.6 Å². The molecule has 22 heavy (non-hydrogen) atoms. The summed E-state index contributed by atoms with van der Waals surface area (Å²) in [6.45, 7) is 15.8. The van der Waals surface area contributed by atoms with Gasteiger partial charge in [-0.05, 0) is 49.2 Å². The van der Waals surface area contributed by atoms with Crippen molar-refractivity contribution in [2.75, 3.05) is 0 Å². The van der Waals surface area contributed by atoms with Gasteiger partial charge in [-0.25, -0.2) is 0 Å². The van der Waals surface area contributed by atoms with Gasteiger partial charge in [0.15, 0.2) is 0 Å². The Morgan fingerprint density at radius 1 is 0.864 bits per heavy atom. The van der Waals surface area contributed by atoms with Crippen molar-refractivity contribution in [2.45, 2.75) is 109 Å². The van der Waals surface area contributed by atoms with Gasteiger partial charge in [0.2, 0.25) is 8.32 Å². The normalized spacial score (nSPS) is 20.1. The molecule has 0 radical (unpaired) electrons. The topological polar surface area (TPSA) is 29.5 Å². The first-order valence-electron chi connectivity index (χ1n) is 9.07. The van der Waals surface area contributed by atoms with E-state index in [2.05, 4.69) is 53.4 Å². The Labute approximate surface area is 139 Å². The van der Waals surface area contributed by atoms with Crippen molar-refractivity contribution in [1.29, 1.82) is 0 Å². The SMILES string of the molecule is CC(C#CC1(O)CCCCC1)O[Si](C(C)C)(C(C)C)C(C)C. The van der Waals surface area contributed by atoms with E-state index in [-0.39, 0.29) is 6.10 Å². The van der Waals surface area contributed by atoms with Crippen LogP contribution in [0.2, 0.25) is 16.6 Å². The molecule has 128 valence electrons. The molecular formula is C19H36O2Si. The minimum absolute atomic E-state index is 0.0928. The van der Waals surface area contributed by atoms with Crippen LogP contribution in [-0.2, 0) is 4.43 Å². The Kier molecular flexibility index (Phi) is 7.17. The highest BCUT2D eigenvalue weighted by molar-refractivity contribution is 6.77. The predicted octanol–water partition coefficient (Wildman–Crippen LogP) is 5.27. The number of hydrogen-bond donors (Lipinski definition) is 1. The maximum absolute atomic E-state index is 10.5. The van der Waals surface area contributed by atoms with Gasteiger partial charge in [0.1, 0.15) is 11.7 Å². The molecule has 0 bridgehead atoms. The zero-order valence-electron chi connectivity index (χ0n) is 15.7. The van der Waals surface area contributed by atoms with Gasteiger partial charge >= 0.3 is 0 Å². The number of rotatable bonds is 5. The van der Waals surface area contributed by atoms with Crippen molar-refractivity contribution in [3.8, 4) is 11.8 Å². The summed E-state index contributed by atoms with van der Waals surface area (Å²) in [4.78, 5) is 0.